The first-order chi connectivity index (χ1) is 5.24. The zero-order chi connectivity index (χ0) is 8.74. The quantitative estimate of drug-likeness (QED) is 0.617. The van der Waals surface area contributed by atoms with Crippen LogP contribution in [-0.4, -0.2) is 47.9 Å². The molecule has 0 radical (unpaired) electrons. The van der Waals surface area contributed by atoms with Gasteiger partial charge in [-0.25, -0.2) is 0 Å². The minimum atomic E-state index is 0. The number of quaternary nitrogens is 1. The Kier molecular flexibility index (Phi) is 9.03. The van der Waals surface area contributed by atoms with Crippen molar-refractivity contribution >= 4 is 0 Å². The van der Waals surface area contributed by atoms with E-state index in [-0.39, 0.29) is 5.48 Å². The SMILES string of the molecule is CC[N+](CC)(CC)CCCO.[OH-]. The predicted molar refractivity (Wildman–Crippen MR) is 50.4 cm³/mol. The van der Waals surface area contributed by atoms with Gasteiger partial charge in [0.25, 0.3) is 0 Å². The third-order valence-electron chi connectivity index (χ3n) is 2.80. The van der Waals surface area contributed by atoms with E-state index >= 15 is 0 Å². The number of hydrogen-bond donors (Lipinski definition) is 1. The Morgan fingerprint density at radius 3 is 1.67 bits per heavy atom. The van der Waals surface area contributed by atoms with Crippen LogP contribution in [-0.2, 0) is 0 Å². The lowest BCUT2D eigenvalue weighted by molar-refractivity contribution is -0.923. The summed E-state index contributed by atoms with van der Waals surface area (Å²) in [7, 11) is 0. The van der Waals surface area contributed by atoms with Gasteiger partial charge >= 0.3 is 0 Å². The summed E-state index contributed by atoms with van der Waals surface area (Å²) >= 11 is 0. The Morgan fingerprint density at radius 1 is 1.00 bits per heavy atom. The molecule has 12 heavy (non-hydrogen) atoms. The fourth-order valence-electron chi connectivity index (χ4n) is 1.55. The van der Waals surface area contributed by atoms with Crippen LogP contribution in [0.1, 0.15) is 27.2 Å². The molecule has 0 aromatic carbocycles. The van der Waals surface area contributed by atoms with Crippen molar-refractivity contribution < 1.29 is 15.1 Å². The number of aliphatic hydroxyl groups is 1. The first-order valence-corrected chi connectivity index (χ1v) is 4.70. The normalized spacial score (nSPS) is 11.0. The first kappa shape index (κ1) is 14.4. The molecule has 76 valence electrons. The molecule has 0 heterocycles. The van der Waals surface area contributed by atoms with E-state index in [1.165, 1.54) is 19.6 Å². The van der Waals surface area contributed by atoms with Crippen molar-refractivity contribution in [3.8, 4) is 0 Å². The van der Waals surface area contributed by atoms with E-state index in [9.17, 15) is 0 Å². The third-order valence-corrected chi connectivity index (χ3v) is 2.80. The molecule has 0 amide bonds. The van der Waals surface area contributed by atoms with E-state index in [0.717, 1.165) is 17.4 Å². The minimum Gasteiger partial charge on any atom is -0.870 e. The van der Waals surface area contributed by atoms with E-state index in [1.54, 1.807) is 0 Å². The highest BCUT2D eigenvalue weighted by molar-refractivity contribution is 4.38. The summed E-state index contributed by atoms with van der Waals surface area (Å²) in [4.78, 5) is 0. The summed E-state index contributed by atoms with van der Waals surface area (Å²) in [6, 6.07) is 0. The van der Waals surface area contributed by atoms with Gasteiger partial charge in [-0.1, -0.05) is 0 Å². The van der Waals surface area contributed by atoms with E-state index < -0.39 is 0 Å². The maximum atomic E-state index is 8.71. The lowest BCUT2D eigenvalue weighted by atomic mass is 10.3. The second-order valence-corrected chi connectivity index (χ2v) is 3.09. The molecule has 0 unspecified atom stereocenters. The fraction of sp³-hybridized carbons (Fsp3) is 1.00. The zero-order valence-corrected chi connectivity index (χ0v) is 8.58. The minimum absolute atomic E-state index is 0. The lowest BCUT2D eigenvalue weighted by Crippen LogP contribution is -2.48. The van der Waals surface area contributed by atoms with E-state index in [4.69, 9.17) is 5.11 Å². The van der Waals surface area contributed by atoms with Crippen LogP contribution in [0.3, 0.4) is 0 Å². The highest BCUT2D eigenvalue weighted by Crippen LogP contribution is 2.06. The molecule has 0 aromatic heterocycles. The fourth-order valence-corrected chi connectivity index (χ4v) is 1.55. The van der Waals surface area contributed by atoms with Gasteiger partial charge in [-0.05, 0) is 20.8 Å². The van der Waals surface area contributed by atoms with Gasteiger partial charge in [0, 0.05) is 13.0 Å². The second kappa shape index (κ2) is 7.53. The molecule has 3 heteroatoms. The molecular formula is C9H23NO2. The Morgan fingerprint density at radius 2 is 1.42 bits per heavy atom. The van der Waals surface area contributed by atoms with Gasteiger partial charge in [0.05, 0.1) is 26.2 Å². The average molecular weight is 177 g/mol. The van der Waals surface area contributed by atoms with Gasteiger partial charge in [0.2, 0.25) is 0 Å². The van der Waals surface area contributed by atoms with Crippen molar-refractivity contribution in [3.05, 3.63) is 0 Å². The molecule has 0 aromatic rings. The summed E-state index contributed by atoms with van der Waals surface area (Å²) in [6.07, 6.45) is 0.940. The number of aliphatic hydroxyl groups excluding tert-OH is 1. The maximum absolute atomic E-state index is 8.71. The first-order valence-electron chi connectivity index (χ1n) is 4.70. The van der Waals surface area contributed by atoms with Crippen LogP contribution >= 0.6 is 0 Å². The molecule has 0 rings (SSSR count). The van der Waals surface area contributed by atoms with Crippen LogP contribution in [0.5, 0.6) is 0 Å². The lowest BCUT2D eigenvalue weighted by Gasteiger charge is -2.35. The van der Waals surface area contributed by atoms with Gasteiger partial charge in [-0.3, -0.25) is 0 Å². The molecule has 0 saturated carbocycles. The molecule has 0 atom stereocenters. The van der Waals surface area contributed by atoms with Crippen LogP contribution in [0.15, 0.2) is 0 Å². The Hall–Kier alpha value is -0.120. The number of hydrogen-bond acceptors (Lipinski definition) is 2. The van der Waals surface area contributed by atoms with Gasteiger partial charge in [0.15, 0.2) is 0 Å². The Balaban J connectivity index is 0. The Labute approximate surface area is 75.9 Å². The number of nitrogens with zero attached hydrogens (tertiary/aromatic N) is 1. The Bertz CT molecular complexity index is 84.3. The highest BCUT2D eigenvalue weighted by Gasteiger charge is 2.18. The summed E-state index contributed by atoms with van der Waals surface area (Å²) in [6.45, 7) is 11.7. The zero-order valence-electron chi connectivity index (χ0n) is 8.58. The summed E-state index contributed by atoms with van der Waals surface area (Å²) in [5.74, 6) is 0. The van der Waals surface area contributed by atoms with Crippen molar-refractivity contribution in [2.75, 3.05) is 32.8 Å². The van der Waals surface area contributed by atoms with Crippen LogP contribution in [0.2, 0.25) is 0 Å². The van der Waals surface area contributed by atoms with Crippen LogP contribution in [0.4, 0.5) is 0 Å². The van der Waals surface area contributed by atoms with Crippen LogP contribution in [0.25, 0.3) is 0 Å². The molecule has 0 aliphatic rings. The standard InChI is InChI=1S/C9H22NO.H2O/c1-4-10(5-2,6-3)8-7-9-11;/h11H,4-9H2,1-3H3;1H2/q+1;/p-1. The monoisotopic (exact) mass is 177 g/mol. The van der Waals surface area contributed by atoms with E-state index in [1.807, 2.05) is 0 Å². The van der Waals surface area contributed by atoms with Gasteiger partial charge in [0.1, 0.15) is 0 Å². The number of rotatable bonds is 6. The molecule has 2 N–H and O–H groups in total. The van der Waals surface area contributed by atoms with Crippen molar-refractivity contribution in [1.82, 2.24) is 0 Å². The second-order valence-electron chi connectivity index (χ2n) is 3.09. The van der Waals surface area contributed by atoms with Gasteiger partial charge in [-0.2, -0.15) is 0 Å². The topological polar surface area (TPSA) is 50.2 Å². The molecule has 0 fully saturated rings. The van der Waals surface area contributed by atoms with E-state index in [0.29, 0.717) is 6.61 Å². The van der Waals surface area contributed by atoms with Crippen molar-refractivity contribution in [2.45, 2.75) is 27.2 Å². The predicted octanol–water partition coefficient (Wildman–Crippen LogP) is 1.07. The van der Waals surface area contributed by atoms with Crippen LogP contribution in [0, 0.1) is 0 Å². The van der Waals surface area contributed by atoms with Crippen molar-refractivity contribution in [3.63, 3.8) is 0 Å². The molecule has 0 aliphatic carbocycles. The smallest absolute Gasteiger partial charge is 0.0808 e. The molecule has 0 aliphatic heterocycles. The molecule has 0 bridgehead atoms. The summed E-state index contributed by atoms with van der Waals surface area (Å²) in [5.41, 5.74) is 0. The highest BCUT2D eigenvalue weighted by atomic mass is 16.3. The molecular weight excluding hydrogens is 154 g/mol. The molecule has 0 spiro atoms. The third kappa shape index (κ3) is 4.04. The van der Waals surface area contributed by atoms with Crippen molar-refractivity contribution in [1.29, 1.82) is 0 Å². The summed E-state index contributed by atoms with van der Waals surface area (Å²) < 4.78 is 1.15. The van der Waals surface area contributed by atoms with E-state index in [2.05, 4.69) is 20.8 Å². The van der Waals surface area contributed by atoms with Gasteiger partial charge < -0.3 is 15.1 Å². The average Bonchev–Trinajstić information content (AvgIpc) is 2.08. The molecule has 0 saturated heterocycles. The summed E-state index contributed by atoms with van der Waals surface area (Å²) in [5, 5.41) is 8.71. The molecule has 3 nitrogen and oxygen atoms in total. The van der Waals surface area contributed by atoms with Gasteiger partial charge in [-0.15, -0.1) is 0 Å². The van der Waals surface area contributed by atoms with Crippen LogP contribution < -0.4 is 0 Å². The van der Waals surface area contributed by atoms with Crippen molar-refractivity contribution in [2.24, 2.45) is 0 Å². The largest absolute Gasteiger partial charge is 0.870 e. The maximum Gasteiger partial charge on any atom is 0.0808 e.